The van der Waals surface area contributed by atoms with Gasteiger partial charge in [-0.1, -0.05) is 84.9 Å². The summed E-state index contributed by atoms with van der Waals surface area (Å²) in [5, 5.41) is 7.87. The third-order valence-electron chi connectivity index (χ3n) is 8.96. The fourth-order valence-electron chi connectivity index (χ4n) is 6.95. The first-order valence-electron chi connectivity index (χ1n) is 14.7. The van der Waals surface area contributed by atoms with Crippen LogP contribution in [0.1, 0.15) is 40.3 Å². The van der Waals surface area contributed by atoms with E-state index in [1.807, 2.05) is 11.3 Å². The molecule has 2 aliphatic rings. The first-order chi connectivity index (χ1) is 20.8. The Morgan fingerprint density at radius 3 is 2.02 bits per heavy atom. The Kier molecular flexibility index (Phi) is 5.40. The number of nitrogens with one attached hydrogen (secondary N) is 1. The van der Waals surface area contributed by atoms with Gasteiger partial charge in [0.05, 0.1) is 11.0 Å². The van der Waals surface area contributed by atoms with Crippen molar-refractivity contribution in [1.82, 2.24) is 9.88 Å². The SMILES string of the molecule is C1=Cc2sc3cc4c(cc3c2CC1)c1ccccc1n4-c1ccc(N2C(c3ccccc3)NC2c2ccccc2)cc1. The lowest BCUT2D eigenvalue weighted by atomic mass is 10.00. The van der Waals surface area contributed by atoms with E-state index < -0.39 is 0 Å². The second-order valence-electron chi connectivity index (χ2n) is 11.3. The summed E-state index contributed by atoms with van der Waals surface area (Å²) >= 11 is 1.93. The Hall–Kier alpha value is -4.64. The molecule has 1 aliphatic carbocycles. The van der Waals surface area contributed by atoms with Gasteiger partial charge in [0.2, 0.25) is 0 Å². The Morgan fingerprint density at radius 1 is 0.619 bits per heavy atom. The first-order valence-corrected chi connectivity index (χ1v) is 15.5. The lowest BCUT2D eigenvalue weighted by molar-refractivity contribution is 0.276. The Bertz CT molecular complexity index is 2080. The Morgan fingerprint density at radius 2 is 1.29 bits per heavy atom. The number of hydrogen-bond acceptors (Lipinski definition) is 3. The quantitative estimate of drug-likeness (QED) is 0.232. The minimum atomic E-state index is 0.127. The zero-order valence-electron chi connectivity index (χ0n) is 23.1. The number of benzene rings is 5. The number of para-hydroxylation sites is 1. The monoisotopic (exact) mass is 559 g/mol. The van der Waals surface area contributed by atoms with Crippen molar-refractivity contribution in [1.29, 1.82) is 0 Å². The molecule has 7 aromatic rings. The minimum Gasteiger partial charge on any atom is -0.332 e. The molecule has 2 aromatic heterocycles. The zero-order chi connectivity index (χ0) is 27.6. The van der Waals surface area contributed by atoms with Gasteiger partial charge in [-0.3, -0.25) is 5.32 Å². The molecule has 1 fully saturated rings. The van der Waals surface area contributed by atoms with E-state index >= 15 is 0 Å². The highest BCUT2D eigenvalue weighted by Gasteiger charge is 2.39. The maximum Gasteiger partial charge on any atom is 0.109 e. The summed E-state index contributed by atoms with van der Waals surface area (Å²) in [5.41, 5.74) is 8.98. The summed E-state index contributed by atoms with van der Waals surface area (Å²) in [6.07, 6.45) is 7.15. The van der Waals surface area contributed by atoms with E-state index in [9.17, 15) is 0 Å². The maximum absolute atomic E-state index is 3.81. The van der Waals surface area contributed by atoms with Crippen molar-refractivity contribution in [3.63, 3.8) is 0 Å². The summed E-state index contributed by atoms with van der Waals surface area (Å²) < 4.78 is 3.82. The minimum absolute atomic E-state index is 0.127. The fraction of sp³-hybridized carbons (Fsp3) is 0.105. The summed E-state index contributed by atoms with van der Waals surface area (Å²) in [5.74, 6) is 0. The van der Waals surface area contributed by atoms with Crippen molar-refractivity contribution in [2.45, 2.75) is 25.2 Å². The summed E-state index contributed by atoms with van der Waals surface area (Å²) in [7, 11) is 0. The number of anilines is 1. The molecule has 2 atom stereocenters. The normalized spacial score (nSPS) is 18.0. The number of rotatable bonds is 4. The van der Waals surface area contributed by atoms with E-state index in [0.29, 0.717) is 0 Å². The molecule has 1 aliphatic heterocycles. The Labute approximate surface area is 249 Å². The van der Waals surface area contributed by atoms with Gasteiger partial charge in [0.25, 0.3) is 0 Å². The van der Waals surface area contributed by atoms with Crippen LogP contribution in [0, 0.1) is 0 Å². The van der Waals surface area contributed by atoms with Gasteiger partial charge in [-0.15, -0.1) is 11.3 Å². The second kappa shape index (κ2) is 9.45. The molecule has 9 rings (SSSR count). The standard InChI is InChI=1S/C38H29N3S/c1-3-11-25(12-4-1)37-39-38(26-13-5-2-6-14-26)41(37)28-21-19-27(20-22-28)40-33-17-9-7-15-29(33)31-23-32-30-16-8-10-18-35(30)42-36(32)24-34(31)40/h1-7,9-15,17-24,37-39H,8,16H2. The molecule has 1 saturated heterocycles. The van der Waals surface area contributed by atoms with Crippen molar-refractivity contribution in [3.8, 4) is 5.69 Å². The highest BCUT2D eigenvalue weighted by atomic mass is 32.1. The number of thiophene rings is 1. The van der Waals surface area contributed by atoms with Crippen molar-refractivity contribution in [2.24, 2.45) is 0 Å². The highest BCUT2D eigenvalue weighted by Crippen LogP contribution is 2.44. The van der Waals surface area contributed by atoms with Gasteiger partial charge in [-0.2, -0.15) is 0 Å². The van der Waals surface area contributed by atoms with Crippen LogP contribution in [-0.4, -0.2) is 4.57 Å². The van der Waals surface area contributed by atoms with Gasteiger partial charge in [0, 0.05) is 31.7 Å². The third-order valence-corrected chi connectivity index (χ3v) is 10.1. The largest absolute Gasteiger partial charge is 0.332 e. The molecule has 1 N–H and O–H groups in total. The molecule has 3 nitrogen and oxygen atoms in total. The number of hydrogen-bond donors (Lipinski definition) is 1. The van der Waals surface area contributed by atoms with Crippen LogP contribution in [0.3, 0.4) is 0 Å². The lowest BCUT2D eigenvalue weighted by Crippen LogP contribution is -2.57. The van der Waals surface area contributed by atoms with Crippen LogP contribution in [0.25, 0.3) is 43.7 Å². The smallest absolute Gasteiger partial charge is 0.109 e. The second-order valence-corrected chi connectivity index (χ2v) is 12.4. The number of fused-ring (bicyclic) bond motifs is 6. The van der Waals surface area contributed by atoms with Crippen molar-refractivity contribution in [2.75, 3.05) is 4.90 Å². The molecular formula is C38H29N3S. The summed E-state index contributed by atoms with van der Waals surface area (Å²) in [6.45, 7) is 0. The van der Waals surface area contributed by atoms with E-state index in [1.165, 1.54) is 64.8 Å². The van der Waals surface area contributed by atoms with Crippen molar-refractivity contribution < 1.29 is 0 Å². The van der Waals surface area contributed by atoms with Crippen LogP contribution in [0.4, 0.5) is 5.69 Å². The first kappa shape index (κ1) is 24.0. The molecule has 2 unspecified atom stereocenters. The van der Waals surface area contributed by atoms with Gasteiger partial charge in [0.15, 0.2) is 0 Å². The fourth-order valence-corrected chi connectivity index (χ4v) is 8.15. The summed E-state index contributed by atoms with van der Waals surface area (Å²) in [4.78, 5) is 3.92. The molecule has 5 aromatic carbocycles. The van der Waals surface area contributed by atoms with Gasteiger partial charge in [-0.25, -0.2) is 0 Å². The Balaban J connectivity index is 1.17. The van der Waals surface area contributed by atoms with Gasteiger partial charge >= 0.3 is 0 Å². The predicted molar refractivity (Wildman–Crippen MR) is 177 cm³/mol. The number of aromatic nitrogens is 1. The molecule has 4 heteroatoms. The van der Waals surface area contributed by atoms with Gasteiger partial charge in [0.1, 0.15) is 12.3 Å². The maximum atomic E-state index is 3.81. The van der Waals surface area contributed by atoms with E-state index in [-0.39, 0.29) is 12.3 Å². The molecule has 0 bridgehead atoms. The van der Waals surface area contributed by atoms with Crippen LogP contribution in [0.5, 0.6) is 0 Å². The molecule has 0 amide bonds. The van der Waals surface area contributed by atoms with Crippen LogP contribution >= 0.6 is 11.3 Å². The van der Waals surface area contributed by atoms with Crippen molar-refractivity contribution >= 4 is 55.0 Å². The zero-order valence-corrected chi connectivity index (χ0v) is 23.9. The van der Waals surface area contributed by atoms with Crippen molar-refractivity contribution in [3.05, 3.63) is 149 Å². The van der Waals surface area contributed by atoms with Crippen LogP contribution < -0.4 is 10.2 Å². The predicted octanol–water partition coefficient (Wildman–Crippen LogP) is 9.76. The van der Waals surface area contributed by atoms with Crippen LogP contribution in [-0.2, 0) is 6.42 Å². The van der Waals surface area contributed by atoms with Gasteiger partial charge in [-0.05, 0) is 83.5 Å². The number of allylic oxidation sites excluding steroid dienone is 1. The third kappa shape index (κ3) is 3.62. The number of aryl methyl sites for hydroxylation is 1. The molecule has 0 saturated carbocycles. The average Bonchev–Trinajstić information content (AvgIpc) is 3.56. The highest BCUT2D eigenvalue weighted by molar-refractivity contribution is 7.20. The van der Waals surface area contributed by atoms with E-state index in [4.69, 9.17) is 0 Å². The molecule has 0 spiro atoms. The van der Waals surface area contributed by atoms with E-state index in [2.05, 4.69) is 148 Å². The molecule has 0 radical (unpaired) electrons. The molecular weight excluding hydrogens is 531 g/mol. The van der Waals surface area contributed by atoms with E-state index in [0.717, 1.165) is 12.8 Å². The summed E-state index contributed by atoms with van der Waals surface area (Å²) in [6, 6.07) is 44.3. The molecule has 3 heterocycles. The molecule has 42 heavy (non-hydrogen) atoms. The lowest BCUT2D eigenvalue weighted by Gasteiger charge is -2.51. The van der Waals surface area contributed by atoms with E-state index in [1.54, 1.807) is 0 Å². The average molecular weight is 560 g/mol. The molecule has 202 valence electrons. The van der Waals surface area contributed by atoms with Crippen LogP contribution in [0.2, 0.25) is 0 Å². The van der Waals surface area contributed by atoms with Crippen LogP contribution in [0.15, 0.2) is 127 Å². The van der Waals surface area contributed by atoms with Gasteiger partial charge < -0.3 is 9.47 Å². The number of nitrogens with zero attached hydrogens (tertiary/aromatic N) is 2. The topological polar surface area (TPSA) is 20.2 Å².